The first kappa shape index (κ1) is 15.9. The van der Waals surface area contributed by atoms with Crippen molar-refractivity contribution in [3.8, 4) is 10.6 Å². The van der Waals surface area contributed by atoms with Crippen molar-refractivity contribution in [1.82, 2.24) is 15.2 Å². The molecule has 5 heteroatoms. The molecule has 1 saturated heterocycles. The van der Waals surface area contributed by atoms with Gasteiger partial charge in [0.1, 0.15) is 5.01 Å². The van der Waals surface area contributed by atoms with Crippen molar-refractivity contribution in [2.45, 2.75) is 32.4 Å². The molecule has 2 heterocycles. The summed E-state index contributed by atoms with van der Waals surface area (Å²) in [5.74, 6) is 0. The summed E-state index contributed by atoms with van der Waals surface area (Å²) in [5, 5.41) is 7.53. The first-order chi connectivity index (χ1) is 10.8. The third kappa shape index (κ3) is 3.87. The molecule has 0 radical (unpaired) electrons. The van der Waals surface area contributed by atoms with Gasteiger partial charge in [-0.25, -0.2) is 4.98 Å². The Kier molecular flexibility index (Phi) is 5.47. The standard InChI is InChI=1S/C17H22ClN3S/c1-2-21-9-3-4-16(21)11-19-10-15-12-22-17(20-15)13-5-7-14(18)8-6-13/h5-8,12,16,19H,2-4,9-11H2,1H3. The van der Waals surface area contributed by atoms with E-state index in [9.17, 15) is 0 Å². The first-order valence-electron chi connectivity index (χ1n) is 7.91. The normalized spacial score (nSPS) is 18.9. The van der Waals surface area contributed by atoms with Crippen LogP contribution in [-0.4, -0.2) is 35.6 Å². The minimum absolute atomic E-state index is 0.694. The molecule has 1 fully saturated rings. The second-order valence-corrected chi connectivity index (χ2v) is 7.00. The SMILES string of the molecule is CCN1CCCC1CNCc1csc(-c2ccc(Cl)cc2)n1. The fourth-order valence-corrected chi connectivity index (χ4v) is 3.97. The number of rotatable bonds is 6. The molecule has 1 aromatic heterocycles. The number of hydrogen-bond acceptors (Lipinski definition) is 4. The molecule has 0 saturated carbocycles. The highest BCUT2D eigenvalue weighted by Gasteiger charge is 2.22. The second kappa shape index (κ2) is 7.55. The van der Waals surface area contributed by atoms with Gasteiger partial charge < -0.3 is 5.32 Å². The Balaban J connectivity index is 1.52. The molecule has 0 bridgehead atoms. The summed E-state index contributed by atoms with van der Waals surface area (Å²) in [7, 11) is 0. The molecule has 22 heavy (non-hydrogen) atoms. The van der Waals surface area contributed by atoms with Crippen LogP contribution in [0.4, 0.5) is 0 Å². The average molecular weight is 336 g/mol. The van der Waals surface area contributed by atoms with Crippen LogP contribution in [0, 0.1) is 0 Å². The van der Waals surface area contributed by atoms with Gasteiger partial charge in [-0.2, -0.15) is 0 Å². The van der Waals surface area contributed by atoms with Crippen LogP contribution in [-0.2, 0) is 6.54 Å². The fourth-order valence-electron chi connectivity index (χ4n) is 3.02. The third-order valence-electron chi connectivity index (χ3n) is 4.23. The predicted octanol–water partition coefficient (Wildman–Crippen LogP) is 4.04. The van der Waals surface area contributed by atoms with Gasteiger partial charge >= 0.3 is 0 Å². The molecule has 1 N–H and O–H groups in total. The molecular formula is C17H22ClN3S. The molecule has 3 nitrogen and oxygen atoms in total. The lowest BCUT2D eigenvalue weighted by Gasteiger charge is -2.22. The summed E-state index contributed by atoms with van der Waals surface area (Å²) in [4.78, 5) is 7.28. The predicted molar refractivity (Wildman–Crippen MR) is 94.5 cm³/mol. The minimum Gasteiger partial charge on any atom is -0.310 e. The Morgan fingerprint density at radius 1 is 1.36 bits per heavy atom. The number of likely N-dealkylation sites (tertiary alicyclic amines) is 1. The van der Waals surface area contributed by atoms with Crippen LogP contribution in [0.3, 0.4) is 0 Å². The molecule has 0 aliphatic carbocycles. The number of benzene rings is 1. The smallest absolute Gasteiger partial charge is 0.123 e. The van der Waals surface area contributed by atoms with Gasteiger partial charge in [-0.1, -0.05) is 30.7 Å². The van der Waals surface area contributed by atoms with Crippen LogP contribution in [0.1, 0.15) is 25.5 Å². The number of halogens is 1. The molecule has 0 amide bonds. The summed E-state index contributed by atoms with van der Waals surface area (Å²) in [6, 6.07) is 8.57. The summed E-state index contributed by atoms with van der Waals surface area (Å²) in [6.07, 6.45) is 2.64. The van der Waals surface area contributed by atoms with E-state index in [0.29, 0.717) is 6.04 Å². The largest absolute Gasteiger partial charge is 0.310 e. The van der Waals surface area contributed by atoms with E-state index >= 15 is 0 Å². The molecule has 1 aromatic carbocycles. The quantitative estimate of drug-likeness (QED) is 0.863. The molecule has 1 aliphatic heterocycles. The lowest BCUT2D eigenvalue weighted by atomic mass is 10.2. The van der Waals surface area contributed by atoms with Gasteiger partial charge in [0, 0.05) is 35.1 Å². The highest BCUT2D eigenvalue weighted by atomic mass is 35.5. The molecule has 2 aromatic rings. The van der Waals surface area contributed by atoms with Crippen molar-refractivity contribution in [3.05, 3.63) is 40.4 Å². The van der Waals surface area contributed by atoms with Crippen molar-refractivity contribution >= 4 is 22.9 Å². The van der Waals surface area contributed by atoms with E-state index in [0.717, 1.165) is 40.9 Å². The number of hydrogen-bond donors (Lipinski definition) is 1. The van der Waals surface area contributed by atoms with Crippen molar-refractivity contribution in [3.63, 3.8) is 0 Å². The van der Waals surface area contributed by atoms with Gasteiger partial charge in [0.2, 0.25) is 0 Å². The van der Waals surface area contributed by atoms with Gasteiger partial charge in [-0.3, -0.25) is 4.90 Å². The maximum absolute atomic E-state index is 5.93. The van der Waals surface area contributed by atoms with Gasteiger partial charge in [-0.05, 0) is 38.1 Å². The number of thiazole rings is 1. The topological polar surface area (TPSA) is 28.2 Å². The van der Waals surface area contributed by atoms with Crippen LogP contribution in [0.5, 0.6) is 0 Å². The Labute approximate surface area is 141 Å². The van der Waals surface area contributed by atoms with Crippen LogP contribution in [0.25, 0.3) is 10.6 Å². The van der Waals surface area contributed by atoms with E-state index in [-0.39, 0.29) is 0 Å². The fraction of sp³-hybridized carbons (Fsp3) is 0.471. The highest BCUT2D eigenvalue weighted by Crippen LogP contribution is 2.25. The van der Waals surface area contributed by atoms with Crippen LogP contribution >= 0.6 is 22.9 Å². The Hall–Kier alpha value is -0.940. The zero-order chi connectivity index (χ0) is 15.4. The zero-order valence-electron chi connectivity index (χ0n) is 12.9. The molecule has 1 aliphatic rings. The van der Waals surface area contributed by atoms with Gasteiger partial charge in [-0.15, -0.1) is 11.3 Å². The van der Waals surface area contributed by atoms with E-state index in [1.807, 2.05) is 24.3 Å². The summed E-state index contributed by atoms with van der Waals surface area (Å²) in [5.41, 5.74) is 2.25. The minimum atomic E-state index is 0.694. The molecule has 118 valence electrons. The van der Waals surface area contributed by atoms with Gasteiger partial charge in [0.15, 0.2) is 0 Å². The van der Waals surface area contributed by atoms with E-state index < -0.39 is 0 Å². The number of aromatic nitrogens is 1. The van der Waals surface area contributed by atoms with Crippen LogP contribution in [0.15, 0.2) is 29.6 Å². The third-order valence-corrected chi connectivity index (χ3v) is 5.43. The molecule has 1 atom stereocenters. The highest BCUT2D eigenvalue weighted by molar-refractivity contribution is 7.13. The lowest BCUT2D eigenvalue weighted by Crippen LogP contribution is -2.37. The van der Waals surface area contributed by atoms with Crippen molar-refractivity contribution in [2.75, 3.05) is 19.6 Å². The van der Waals surface area contributed by atoms with E-state index in [2.05, 4.69) is 22.5 Å². The second-order valence-electron chi connectivity index (χ2n) is 5.71. The summed E-state index contributed by atoms with van der Waals surface area (Å²) in [6.45, 7) is 6.56. The molecular weight excluding hydrogens is 314 g/mol. The summed E-state index contributed by atoms with van der Waals surface area (Å²) < 4.78 is 0. The Morgan fingerprint density at radius 2 is 2.18 bits per heavy atom. The molecule has 3 rings (SSSR count). The van der Waals surface area contributed by atoms with E-state index in [1.54, 1.807) is 11.3 Å². The maximum atomic E-state index is 5.93. The maximum Gasteiger partial charge on any atom is 0.123 e. The monoisotopic (exact) mass is 335 g/mol. The first-order valence-corrected chi connectivity index (χ1v) is 9.17. The van der Waals surface area contributed by atoms with Crippen molar-refractivity contribution < 1.29 is 0 Å². The van der Waals surface area contributed by atoms with Gasteiger partial charge in [0.05, 0.1) is 5.69 Å². The Morgan fingerprint density at radius 3 is 2.95 bits per heavy atom. The molecule has 1 unspecified atom stereocenters. The van der Waals surface area contributed by atoms with Crippen LogP contribution < -0.4 is 5.32 Å². The van der Waals surface area contributed by atoms with E-state index in [1.165, 1.54) is 19.4 Å². The Bertz CT molecular complexity index is 596. The zero-order valence-corrected chi connectivity index (χ0v) is 14.5. The van der Waals surface area contributed by atoms with Gasteiger partial charge in [0.25, 0.3) is 0 Å². The van der Waals surface area contributed by atoms with E-state index in [4.69, 9.17) is 16.6 Å². The number of likely N-dealkylation sites (N-methyl/N-ethyl adjacent to an activating group) is 1. The number of nitrogens with zero attached hydrogens (tertiary/aromatic N) is 2. The van der Waals surface area contributed by atoms with Crippen LogP contribution in [0.2, 0.25) is 5.02 Å². The van der Waals surface area contributed by atoms with Crippen molar-refractivity contribution in [2.24, 2.45) is 0 Å². The number of nitrogens with one attached hydrogen (secondary N) is 1. The average Bonchev–Trinajstić information content (AvgIpc) is 3.17. The van der Waals surface area contributed by atoms with Crippen molar-refractivity contribution in [1.29, 1.82) is 0 Å². The molecule has 0 spiro atoms. The lowest BCUT2D eigenvalue weighted by molar-refractivity contribution is 0.259. The summed E-state index contributed by atoms with van der Waals surface area (Å²) >= 11 is 7.62.